The number of primary amides is 2. The number of hydrogen-bond donors (Lipinski definition) is 21. The van der Waals surface area contributed by atoms with Crippen LogP contribution in [0.1, 0.15) is 147 Å². The third-order valence-electron chi connectivity index (χ3n) is 24.5. The average molecular weight is 1980 g/mol. The summed E-state index contributed by atoms with van der Waals surface area (Å²) in [5, 5.41) is 57.8. The first-order chi connectivity index (χ1) is 65.2. The second kappa shape index (κ2) is 52.7. The van der Waals surface area contributed by atoms with E-state index < -0.39 is 240 Å². The number of amides is 18. The highest BCUT2D eigenvalue weighted by molar-refractivity contribution is 7.99. The van der Waals surface area contributed by atoms with Crippen LogP contribution in [0.25, 0.3) is 10.9 Å². The Hall–Kier alpha value is -11.8. The molecule has 3 saturated heterocycles. The summed E-state index contributed by atoms with van der Waals surface area (Å²) in [6.45, 7) is 9.90. The fraction of sp³-hybridized carbons (Fsp3) is 0.571. The molecule has 5 aliphatic rings. The molecule has 9 rings (SSSR count). The van der Waals surface area contributed by atoms with Gasteiger partial charge >= 0.3 is 0 Å². The number of rotatable bonds is 22. The number of H-pyrrole nitrogens is 1. The van der Waals surface area contributed by atoms with Crippen molar-refractivity contribution >= 4 is 170 Å². The summed E-state index contributed by atoms with van der Waals surface area (Å²) in [6.07, 6.45) is 1.57. The summed E-state index contributed by atoms with van der Waals surface area (Å²) in [5.74, 6) is -18.0. The predicted octanol–water partition coefficient (Wildman–Crippen LogP) is -2.89. The first-order valence-corrected chi connectivity index (χ1v) is 50.9. The van der Waals surface area contributed by atoms with E-state index in [9.17, 15) is 57.8 Å². The molecule has 748 valence electrons. The van der Waals surface area contributed by atoms with Crippen molar-refractivity contribution in [3.8, 4) is 0 Å². The fourth-order valence-corrected chi connectivity index (χ4v) is 20.1. The van der Waals surface area contributed by atoms with Gasteiger partial charge in [0.05, 0.1) is 25.1 Å². The van der Waals surface area contributed by atoms with Gasteiger partial charge in [-0.15, -0.1) is 0 Å². The number of carbonyl (C=O) groups is 18. The van der Waals surface area contributed by atoms with Crippen LogP contribution in [0.3, 0.4) is 0 Å². The number of nitrogens with two attached hydrogens (primary N) is 4. The van der Waals surface area contributed by atoms with E-state index in [1.54, 1.807) is 101 Å². The number of para-hydroxylation sites is 1. The Kier molecular flexibility index (Phi) is 41.9. The number of thioether (sulfide) groups is 4. The van der Waals surface area contributed by atoms with Crippen LogP contribution >= 0.6 is 47.0 Å². The number of aromatic nitrogens is 1. The maximum atomic E-state index is 15.9. The molecule has 25 N–H and O–H groups in total. The fourth-order valence-electron chi connectivity index (χ4n) is 16.7. The highest BCUT2D eigenvalue weighted by Crippen LogP contribution is 2.30. The summed E-state index contributed by atoms with van der Waals surface area (Å²) in [5.41, 5.74) is 26.7. The molecular formula is C91H131N23O19S4. The first kappa shape index (κ1) is 109. The molecule has 4 bridgehead atoms. The molecule has 0 radical (unpaired) electrons. The van der Waals surface area contributed by atoms with Crippen LogP contribution in [0.5, 0.6) is 0 Å². The minimum Gasteiger partial charge on any atom is -0.391 e. The SMILES string of the molecule is CC[C@H](C)[C@@H]1NC(=O)[C@H](CC(N)=O)NC(=O)[C@H](CCCNC(=N)N)NC(=O)[C@@H](NC(=O)[C@H](C)N)CSCc2cc3cc(c2)CSC[C@H](NC(=O)[C@H](CCSC)NC(=O)[C@H]([C@@H](C)O)NC(=O)[C@@H]2CCCN2C1=O)C(=O)N1CCC[C@H]1C(=O)N[C@@H](Cc1ccccc1)C(=O)NCC(=O)N1CCC[C@H]1C(=O)N[C@@H](C(C)C)C(=O)N[C@@H](Cc1c[nH]c2ccccc12)C(=O)N[C@H](C(=O)N[C@@H](C)C(N)=O)CSC3. The largest absolute Gasteiger partial charge is 0.391 e. The van der Waals surface area contributed by atoms with E-state index in [0.29, 0.717) is 45.1 Å². The number of aromatic amines is 1. The molecular weight excluding hydrogens is 1850 g/mol. The van der Waals surface area contributed by atoms with Gasteiger partial charge in [0.25, 0.3) is 0 Å². The van der Waals surface area contributed by atoms with Gasteiger partial charge in [-0.3, -0.25) is 91.7 Å². The Morgan fingerprint density at radius 3 is 1.66 bits per heavy atom. The summed E-state index contributed by atoms with van der Waals surface area (Å²) < 4.78 is 0. The van der Waals surface area contributed by atoms with Gasteiger partial charge in [0.2, 0.25) is 106 Å². The third kappa shape index (κ3) is 31.6. The zero-order valence-corrected chi connectivity index (χ0v) is 81.5. The number of aliphatic hydroxyl groups is 1. The lowest BCUT2D eigenvalue weighted by Gasteiger charge is -2.33. The quantitative estimate of drug-likeness (QED) is 0.0213. The van der Waals surface area contributed by atoms with Gasteiger partial charge in [-0.05, 0) is 136 Å². The van der Waals surface area contributed by atoms with E-state index >= 15 is 33.6 Å². The van der Waals surface area contributed by atoms with Gasteiger partial charge in [-0.2, -0.15) is 47.0 Å². The van der Waals surface area contributed by atoms with E-state index in [2.05, 4.69) is 79.4 Å². The predicted molar refractivity (Wildman–Crippen MR) is 518 cm³/mol. The minimum atomic E-state index is -1.82. The molecule has 0 unspecified atom stereocenters. The highest BCUT2D eigenvalue weighted by Gasteiger charge is 2.46. The summed E-state index contributed by atoms with van der Waals surface area (Å²) in [7, 11) is 0. The minimum absolute atomic E-state index is 0.0147. The van der Waals surface area contributed by atoms with Crippen LogP contribution in [0.15, 0.2) is 79.0 Å². The van der Waals surface area contributed by atoms with Gasteiger partial charge in [0.1, 0.15) is 90.6 Å². The molecule has 137 heavy (non-hydrogen) atoms. The van der Waals surface area contributed by atoms with Gasteiger partial charge in [-0.1, -0.05) is 101 Å². The number of nitrogens with zero attached hydrogens (tertiary/aromatic N) is 3. The maximum Gasteiger partial charge on any atom is 0.246 e. The van der Waals surface area contributed by atoms with Crippen molar-refractivity contribution in [2.75, 3.05) is 62.0 Å². The van der Waals surface area contributed by atoms with Crippen LogP contribution < -0.4 is 97.4 Å². The van der Waals surface area contributed by atoms with E-state index in [1.165, 1.54) is 47.2 Å². The van der Waals surface area contributed by atoms with Gasteiger partial charge in [-0.25, -0.2) is 0 Å². The van der Waals surface area contributed by atoms with Crippen molar-refractivity contribution in [1.29, 1.82) is 5.41 Å². The molecule has 5 aliphatic heterocycles. The smallest absolute Gasteiger partial charge is 0.246 e. The van der Waals surface area contributed by atoms with Gasteiger partial charge < -0.3 is 122 Å². The number of benzene rings is 3. The molecule has 3 aromatic carbocycles. The number of carbonyl (C=O) groups excluding carboxylic acids is 18. The third-order valence-corrected chi connectivity index (χ3v) is 28.4. The molecule has 0 spiro atoms. The molecule has 0 aliphatic carbocycles. The molecule has 1 aromatic heterocycles. The Morgan fingerprint density at radius 1 is 0.555 bits per heavy atom. The Balaban J connectivity index is 1.17. The number of guanidine groups is 1. The molecule has 42 nitrogen and oxygen atoms in total. The van der Waals surface area contributed by atoms with Crippen LogP contribution in [0.2, 0.25) is 0 Å². The number of hydrogen-bond acceptors (Lipinski definition) is 25. The lowest BCUT2D eigenvalue weighted by molar-refractivity contribution is -0.144. The lowest BCUT2D eigenvalue weighted by atomic mass is 9.96. The standard InChI is InChI=1S/C91H131N23O19S4/c1-9-48(4)73-90(133)114-31-18-26-69(114)86(129)111-74(51(7)115)88(131)102-60(27-32-134-8)79(122)108-66-46-137-43-55-34-53(33-54(35-55)42-136-45-65(106-76(119)49(5)92)83(126)101-59(23-15-28-97-91(95)96)78(121)103-63(38-70(93)116)81(124)110-73)41-135-44-64(82(125)100-50(6)75(94)118)107-80(123)62(37-56-39-98-58-22-14-13-21-57(56)58)105-87(130)72(47(2)3)109-85(128)67-24-16-29-112(67)71(117)40-99-77(120)61(36-52-19-11-10-12-20-52)104-84(127)68-25-17-30-113(68)89(66)132/h10-14,19-22,33-35,39,47-51,59-69,72-74,98,115H,9,15-18,23-32,36-38,40-46,92H2,1-8H3,(H2,93,116)(H2,94,118)(H,99,120)(H,100,125)(H,101,126)(H,102,131)(H,103,121)(H,104,127)(H,105,130)(H,106,119)(H,107,123)(H,108,122)(H,109,128)(H,110,124)(H,111,129)(H4,95,96,97)/t48-,49-,50-,51+,59-,60-,61-,62-,63-,64-,65-,66-,67-,68-,69-,72-,73-,74-/m0/s1. The van der Waals surface area contributed by atoms with Crippen LogP contribution in [-0.2, 0) is 116 Å². The topological polar surface area (TPSA) is 649 Å². The van der Waals surface area contributed by atoms with Crippen molar-refractivity contribution in [3.05, 3.63) is 107 Å². The molecule has 46 heteroatoms. The zero-order chi connectivity index (χ0) is 100. The Morgan fingerprint density at radius 2 is 1.07 bits per heavy atom. The van der Waals surface area contributed by atoms with Crippen LogP contribution in [-0.4, -0.2) is 302 Å². The number of fused-ring (bicyclic) bond motifs is 9. The second-order valence-corrected chi connectivity index (χ2v) is 39.5. The van der Waals surface area contributed by atoms with E-state index in [0.717, 1.165) is 35.3 Å². The second-order valence-electron chi connectivity index (χ2n) is 35.5. The molecule has 0 saturated carbocycles. The molecule has 6 heterocycles. The van der Waals surface area contributed by atoms with Gasteiger partial charge in [0.15, 0.2) is 5.96 Å². The summed E-state index contributed by atoms with van der Waals surface area (Å²) in [4.78, 5) is 271. The Bertz CT molecular complexity index is 5010. The molecule has 18 atom stereocenters. The van der Waals surface area contributed by atoms with Crippen molar-refractivity contribution in [1.82, 2.24) is 94.1 Å². The average Bonchev–Trinajstić information content (AvgIpc) is 1.79. The monoisotopic (exact) mass is 1980 g/mol. The normalized spacial score (nSPS) is 25.9. The molecule has 18 amide bonds. The zero-order valence-electron chi connectivity index (χ0n) is 78.2. The van der Waals surface area contributed by atoms with Crippen molar-refractivity contribution < 1.29 is 91.4 Å². The van der Waals surface area contributed by atoms with Crippen molar-refractivity contribution in [3.63, 3.8) is 0 Å². The highest BCUT2D eigenvalue weighted by atomic mass is 32.2. The van der Waals surface area contributed by atoms with E-state index in [-0.39, 0.29) is 137 Å². The van der Waals surface area contributed by atoms with Crippen molar-refractivity contribution in [2.24, 2.45) is 34.8 Å². The summed E-state index contributed by atoms with van der Waals surface area (Å²) in [6, 6.07) is -1.93. The Labute approximate surface area is 812 Å². The lowest BCUT2D eigenvalue weighted by Crippen LogP contribution is -2.62. The summed E-state index contributed by atoms with van der Waals surface area (Å²) >= 11 is 4.72. The van der Waals surface area contributed by atoms with Crippen LogP contribution in [0.4, 0.5) is 0 Å². The molecule has 3 fully saturated rings. The van der Waals surface area contributed by atoms with Crippen LogP contribution in [0, 0.1) is 17.2 Å². The van der Waals surface area contributed by atoms with Gasteiger partial charge in [0, 0.05) is 90.6 Å². The van der Waals surface area contributed by atoms with E-state index in [1.807, 2.05) is 12.1 Å². The van der Waals surface area contributed by atoms with Crippen molar-refractivity contribution in [2.45, 2.75) is 252 Å². The number of nitrogens with one attached hydrogen (secondary N) is 16. The first-order valence-electron chi connectivity index (χ1n) is 46.1. The maximum absolute atomic E-state index is 15.9. The number of aliphatic hydroxyl groups excluding tert-OH is 1. The molecule has 4 aromatic rings. The van der Waals surface area contributed by atoms with E-state index in [4.69, 9.17) is 28.3 Å².